The average Bonchev–Trinajstić information content (AvgIpc) is 2.79. The van der Waals surface area contributed by atoms with Crippen LogP contribution >= 0.6 is 11.8 Å². The molecule has 0 unspecified atom stereocenters. The highest BCUT2D eigenvalue weighted by molar-refractivity contribution is 6.26. The fourth-order valence-electron chi connectivity index (χ4n) is 4.65. The zero-order valence-electron chi connectivity index (χ0n) is 18.0. The largest absolute Gasteiger partial charge is 0.369 e. The van der Waals surface area contributed by atoms with Crippen molar-refractivity contribution in [3.05, 3.63) is 29.6 Å². The van der Waals surface area contributed by atoms with Crippen molar-refractivity contribution < 1.29 is 18.8 Å². The lowest BCUT2D eigenvalue weighted by atomic mass is 9.97. The molecule has 1 aromatic rings. The van der Waals surface area contributed by atoms with Crippen LogP contribution in [0.4, 0.5) is 10.1 Å². The lowest BCUT2D eigenvalue weighted by molar-refractivity contribution is -0.135. The number of benzene rings is 1. The molecule has 3 heterocycles. The highest BCUT2D eigenvalue weighted by Gasteiger charge is 2.35. The third-order valence-corrected chi connectivity index (χ3v) is 6.96. The Morgan fingerprint density at radius 2 is 1.84 bits per heavy atom. The Morgan fingerprint density at radius 1 is 1.12 bits per heavy atom. The van der Waals surface area contributed by atoms with E-state index >= 15 is 0 Å². The van der Waals surface area contributed by atoms with Crippen LogP contribution in [0.2, 0.25) is 0 Å². The number of carbonyl (C=O) groups excluding carboxylic acids is 3. The summed E-state index contributed by atoms with van der Waals surface area (Å²) in [5, 5.41) is 5.55. The van der Waals surface area contributed by atoms with Gasteiger partial charge in [-0.15, -0.1) is 0 Å². The number of hydrogen-bond donors (Lipinski definition) is 2. The molecule has 8 nitrogen and oxygen atoms in total. The van der Waals surface area contributed by atoms with E-state index in [4.69, 9.17) is 11.8 Å². The molecule has 0 aliphatic carbocycles. The Morgan fingerprint density at radius 3 is 2.50 bits per heavy atom. The second kappa shape index (κ2) is 10.1. The lowest BCUT2D eigenvalue weighted by Crippen LogP contribution is -2.51. The van der Waals surface area contributed by atoms with Crippen LogP contribution in [-0.2, 0) is 9.59 Å². The summed E-state index contributed by atoms with van der Waals surface area (Å²) in [5.41, 5.74) is 0.528. The maximum Gasteiger partial charge on any atom is 0.271 e. The number of anilines is 1. The molecule has 2 N–H and O–H groups in total. The molecule has 174 valence electrons. The molecule has 0 aromatic heterocycles. The standard InChI is InChI=1S/C22H29ClFN5O3/c23-29(19-3-4-20(30)26-21(19)31)22(32)17-2-1-16(13-18(17)24)28-11-9-27(10-12-28)14-15-5-7-25-8-6-15/h1-2,13,15,19,25H,3-12,14H2,(H,26,30,31)/t19-/m0/s1. The van der Waals surface area contributed by atoms with Crippen molar-refractivity contribution >= 4 is 35.2 Å². The summed E-state index contributed by atoms with van der Waals surface area (Å²) in [5.74, 6) is -1.79. The second-order valence-electron chi connectivity index (χ2n) is 8.73. The first-order valence-corrected chi connectivity index (χ1v) is 11.6. The molecule has 10 heteroatoms. The lowest BCUT2D eigenvalue weighted by Gasteiger charge is -2.38. The molecule has 3 amide bonds. The van der Waals surface area contributed by atoms with E-state index in [-0.39, 0.29) is 18.4 Å². The topological polar surface area (TPSA) is 85.0 Å². The van der Waals surface area contributed by atoms with Gasteiger partial charge in [-0.3, -0.25) is 24.6 Å². The van der Waals surface area contributed by atoms with Gasteiger partial charge in [-0.1, -0.05) is 0 Å². The van der Waals surface area contributed by atoms with E-state index in [9.17, 15) is 18.8 Å². The Kier molecular flexibility index (Phi) is 7.27. The van der Waals surface area contributed by atoms with E-state index in [0.29, 0.717) is 4.42 Å². The number of nitrogens with zero attached hydrogens (tertiary/aromatic N) is 3. The van der Waals surface area contributed by atoms with E-state index in [1.54, 1.807) is 6.07 Å². The van der Waals surface area contributed by atoms with Gasteiger partial charge in [0.1, 0.15) is 11.9 Å². The van der Waals surface area contributed by atoms with Crippen LogP contribution in [0.1, 0.15) is 36.0 Å². The summed E-state index contributed by atoms with van der Waals surface area (Å²) in [6, 6.07) is 3.48. The predicted octanol–water partition coefficient (Wildman–Crippen LogP) is 1.35. The number of amides is 3. The van der Waals surface area contributed by atoms with Gasteiger partial charge in [0, 0.05) is 56.6 Å². The van der Waals surface area contributed by atoms with E-state index < -0.39 is 29.6 Å². The van der Waals surface area contributed by atoms with Crippen LogP contribution in [0.3, 0.4) is 0 Å². The van der Waals surface area contributed by atoms with E-state index in [2.05, 4.69) is 20.4 Å². The van der Waals surface area contributed by atoms with Gasteiger partial charge >= 0.3 is 0 Å². The van der Waals surface area contributed by atoms with Crippen molar-refractivity contribution in [1.29, 1.82) is 0 Å². The van der Waals surface area contributed by atoms with E-state index in [1.165, 1.54) is 25.0 Å². The van der Waals surface area contributed by atoms with Crippen LogP contribution in [0, 0.1) is 11.7 Å². The van der Waals surface area contributed by atoms with Crippen molar-refractivity contribution in [2.45, 2.75) is 31.7 Å². The Balaban J connectivity index is 1.34. The maximum absolute atomic E-state index is 14.8. The van der Waals surface area contributed by atoms with Crippen molar-refractivity contribution in [2.75, 3.05) is 50.7 Å². The molecular weight excluding hydrogens is 437 g/mol. The number of piperazine rings is 1. The number of piperidine rings is 2. The van der Waals surface area contributed by atoms with E-state index in [0.717, 1.165) is 57.4 Å². The quantitative estimate of drug-likeness (QED) is 0.504. The minimum atomic E-state index is -1.01. The first-order chi connectivity index (χ1) is 15.4. The Bertz CT molecular complexity index is 871. The van der Waals surface area contributed by atoms with Gasteiger partial charge in [0.2, 0.25) is 5.91 Å². The average molecular weight is 466 g/mol. The molecule has 3 aliphatic heterocycles. The highest BCUT2D eigenvalue weighted by Crippen LogP contribution is 2.24. The van der Waals surface area contributed by atoms with Gasteiger partial charge < -0.3 is 10.2 Å². The SMILES string of the molecule is O=C1CC[C@H](N(Cl)C(=O)c2ccc(N3CCN(CC4CCNCC4)CC3)cc2F)C(=O)N1. The van der Waals surface area contributed by atoms with E-state index in [1.807, 2.05) is 0 Å². The zero-order valence-corrected chi connectivity index (χ0v) is 18.7. The van der Waals surface area contributed by atoms with Gasteiger partial charge in [0.05, 0.1) is 5.56 Å². The van der Waals surface area contributed by atoms with Crippen LogP contribution in [-0.4, -0.2) is 78.9 Å². The van der Waals surface area contributed by atoms with Gasteiger partial charge in [0.25, 0.3) is 11.8 Å². The molecule has 3 saturated heterocycles. The minimum Gasteiger partial charge on any atom is -0.369 e. The molecular formula is C22H29ClFN5O3. The van der Waals surface area contributed by atoms with Crippen molar-refractivity contribution in [3.63, 3.8) is 0 Å². The number of nitrogens with one attached hydrogen (secondary N) is 2. The van der Waals surface area contributed by atoms with Gasteiger partial charge in [-0.05, 0) is 56.5 Å². The number of imide groups is 1. The van der Waals surface area contributed by atoms with Crippen LogP contribution in [0.25, 0.3) is 0 Å². The minimum absolute atomic E-state index is 0.0813. The first-order valence-electron chi connectivity index (χ1n) is 11.2. The van der Waals surface area contributed by atoms with Gasteiger partial charge in [-0.25, -0.2) is 8.81 Å². The molecule has 3 fully saturated rings. The summed E-state index contributed by atoms with van der Waals surface area (Å²) in [6.45, 7) is 6.76. The summed E-state index contributed by atoms with van der Waals surface area (Å²) in [4.78, 5) is 40.5. The molecule has 0 bridgehead atoms. The molecule has 0 radical (unpaired) electrons. The summed E-state index contributed by atoms with van der Waals surface area (Å²) in [6.07, 6.45) is 2.63. The molecule has 1 aromatic carbocycles. The van der Waals surface area contributed by atoms with Crippen molar-refractivity contribution in [2.24, 2.45) is 5.92 Å². The van der Waals surface area contributed by atoms with Crippen LogP contribution < -0.4 is 15.5 Å². The predicted molar refractivity (Wildman–Crippen MR) is 119 cm³/mol. The van der Waals surface area contributed by atoms with Gasteiger partial charge in [0.15, 0.2) is 0 Å². The number of hydrogen-bond acceptors (Lipinski definition) is 6. The van der Waals surface area contributed by atoms with Gasteiger partial charge in [-0.2, -0.15) is 0 Å². The molecule has 4 rings (SSSR count). The summed E-state index contributed by atoms with van der Waals surface area (Å²) >= 11 is 6.07. The third kappa shape index (κ3) is 5.22. The zero-order chi connectivity index (χ0) is 22.7. The monoisotopic (exact) mass is 465 g/mol. The summed E-state index contributed by atoms with van der Waals surface area (Å²) < 4.78 is 15.5. The molecule has 32 heavy (non-hydrogen) atoms. The van der Waals surface area contributed by atoms with Crippen molar-refractivity contribution in [1.82, 2.24) is 20.0 Å². The fraction of sp³-hybridized carbons (Fsp3) is 0.591. The fourth-order valence-corrected chi connectivity index (χ4v) is 4.92. The first kappa shape index (κ1) is 22.9. The molecule has 3 aliphatic rings. The Hall–Kier alpha value is -2.23. The third-order valence-electron chi connectivity index (χ3n) is 6.57. The normalized spacial score (nSPS) is 23.2. The summed E-state index contributed by atoms with van der Waals surface area (Å²) in [7, 11) is 0. The second-order valence-corrected chi connectivity index (χ2v) is 9.09. The number of carbonyl (C=O) groups is 3. The molecule has 0 spiro atoms. The Labute approximate surface area is 192 Å². The number of halogens is 2. The smallest absolute Gasteiger partial charge is 0.271 e. The maximum atomic E-state index is 14.8. The highest BCUT2D eigenvalue weighted by atomic mass is 35.5. The molecule has 1 atom stereocenters. The van der Waals surface area contributed by atoms with Crippen molar-refractivity contribution in [3.8, 4) is 0 Å². The molecule has 0 saturated carbocycles. The number of rotatable bonds is 5. The van der Waals surface area contributed by atoms with Crippen LogP contribution in [0.15, 0.2) is 18.2 Å². The van der Waals surface area contributed by atoms with Crippen LogP contribution in [0.5, 0.6) is 0 Å².